The van der Waals surface area contributed by atoms with Crippen LogP contribution in [0.2, 0.25) is 0 Å². The Balaban J connectivity index is 2.50. The Labute approximate surface area is 92.3 Å². The maximum atomic E-state index is 4.31. The highest BCUT2D eigenvalue weighted by Crippen LogP contribution is 2.08. The summed E-state index contributed by atoms with van der Waals surface area (Å²) in [4.78, 5) is 8.39. The lowest BCUT2D eigenvalue weighted by molar-refractivity contribution is 0.421. The van der Waals surface area contributed by atoms with Crippen LogP contribution in [0, 0.1) is 5.92 Å². The monoisotopic (exact) mass is 207 g/mol. The molecule has 0 aliphatic rings. The van der Waals surface area contributed by atoms with Crippen molar-refractivity contribution in [1.82, 2.24) is 15.3 Å². The van der Waals surface area contributed by atoms with Crippen molar-refractivity contribution >= 4 is 0 Å². The molecule has 1 atom stereocenters. The fraction of sp³-hybridized carbons (Fsp3) is 0.667. The van der Waals surface area contributed by atoms with Crippen LogP contribution < -0.4 is 5.32 Å². The highest BCUT2D eigenvalue weighted by atomic mass is 14.9. The normalized spacial score (nSPS) is 13.1. The number of nitrogens with one attached hydrogen (secondary N) is 1. The molecule has 3 heteroatoms. The number of aromatic nitrogens is 2. The van der Waals surface area contributed by atoms with Gasteiger partial charge >= 0.3 is 0 Å². The van der Waals surface area contributed by atoms with E-state index in [2.05, 4.69) is 36.1 Å². The van der Waals surface area contributed by atoms with Crippen LogP contribution in [0.1, 0.15) is 32.9 Å². The molecule has 0 saturated heterocycles. The van der Waals surface area contributed by atoms with Crippen LogP contribution in [-0.4, -0.2) is 22.6 Å². The lowest BCUT2D eigenvalue weighted by atomic mass is 10.00. The first-order chi connectivity index (χ1) is 7.22. The molecule has 0 amide bonds. The predicted molar refractivity (Wildman–Crippen MR) is 62.7 cm³/mol. The molecule has 0 spiro atoms. The van der Waals surface area contributed by atoms with Crippen LogP contribution >= 0.6 is 0 Å². The van der Waals surface area contributed by atoms with E-state index >= 15 is 0 Å². The molecular formula is C12H21N3. The maximum Gasteiger partial charge on any atom is 0.0602 e. The number of hydrogen-bond acceptors (Lipinski definition) is 3. The molecule has 0 saturated carbocycles. The Morgan fingerprint density at radius 3 is 2.67 bits per heavy atom. The molecule has 1 aromatic heterocycles. The van der Waals surface area contributed by atoms with Gasteiger partial charge in [-0.05, 0) is 18.9 Å². The van der Waals surface area contributed by atoms with Gasteiger partial charge in [0.25, 0.3) is 0 Å². The van der Waals surface area contributed by atoms with Gasteiger partial charge in [0, 0.05) is 31.1 Å². The number of likely N-dealkylation sites (N-methyl/N-ethyl adjacent to an activating group) is 1. The Kier molecular flexibility index (Phi) is 5.26. The summed E-state index contributed by atoms with van der Waals surface area (Å²) in [5, 5.41) is 3.49. The van der Waals surface area contributed by atoms with Gasteiger partial charge in [-0.3, -0.25) is 9.97 Å². The minimum Gasteiger partial charge on any atom is -0.314 e. The summed E-state index contributed by atoms with van der Waals surface area (Å²) < 4.78 is 0. The second-order valence-corrected chi connectivity index (χ2v) is 4.29. The summed E-state index contributed by atoms with van der Waals surface area (Å²) in [5.74, 6) is 0.714. The van der Waals surface area contributed by atoms with E-state index in [0.717, 1.165) is 18.7 Å². The van der Waals surface area contributed by atoms with Gasteiger partial charge in [-0.15, -0.1) is 0 Å². The van der Waals surface area contributed by atoms with Crippen molar-refractivity contribution in [2.75, 3.05) is 6.54 Å². The van der Waals surface area contributed by atoms with Gasteiger partial charge in [-0.2, -0.15) is 0 Å². The zero-order chi connectivity index (χ0) is 11.1. The van der Waals surface area contributed by atoms with E-state index in [1.165, 1.54) is 6.42 Å². The van der Waals surface area contributed by atoms with Crippen molar-refractivity contribution in [3.05, 3.63) is 24.3 Å². The van der Waals surface area contributed by atoms with Crippen molar-refractivity contribution in [3.63, 3.8) is 0 Å². The van der Waals surface area contributed by atoms with Crippen LogP contribution in [0.15, 0.2) is 18.6 Å². The number of hydrogen-bond donors (Lipinski definition) is 1. The largest absolute Gasteiger partial charge is 0.314 e. The minimum absolute atomic E-state index is 0.520. The van der Waals surface area contributed by atoms with E-state index in [-0.39, 0.29) is 0 Å². The fourth-order valence-corrected chi connectivity index (χ4v) is 1.78. The summed E-state index contributed by atoms with van der Waals surface area (Å²) in [6.45, 7) is 7.66. The van der Waals surface area contributed by atoms with Gasteiger partial charge in [0.05, 0.1) is 5.69 Å². The average molecular weight is 207 g/mol. The Morgan fingerprint density at radius 2 is 2.13 bits per heavy atom. The first-order valence-corrected chi connectivity index (χ1v) is 5.70. The molecule has 1 rings (SSSR count). The summed E-state index contributed by atoms with van der Waals surface area (Å²) >= 11 is 0. The van der Waals surface area contributed by atoms with E-state index in [0.29, 0.717) is 12.0 Å². The molecule has 0 aromatic carbocycles. The Morgan fingerprint density at radius 1 is 1.33 bits per heavy atom. The summed E-state index contributed by atoms with van der Waals surface area (Å²) in [7, 11) is 0. The topological polar surface area (TPSA) is 37.8 Å². The van der Waals surface area contributed by atoms with E-state index in [1.807, 2.05) is 6.20 Å². The molecule has 0 aliphatic heterocycles. The quantitative estimate of drug-likeness (QED) is 0.775. The molecule has 1 aromatic rings. The van der Waals surface area contributed by atoms with Crippen LogP contribution in [0.4, 0.5) is 0 Å². The van der Waals surface area contributed by atoms with Crippen LogP contribution in [-0.2, 0) is 6.42 Å². The van der Waals surface area contributed by atoms with E-state index in [9.17, 15) is 0 Å². The van der Waals surface area contributed by atoms with Crippen molar-refractivity contribution in [1.29, 1.82) is 0 Å². The Hall–Kier alpha value is -0.960. The molecule has 0 radical (unpaired) electrons. The SMILES string of the molecule is CCNC(Cc1cnccn1)CC(C)C. The van der Waals surface area contributed by atoms with Crippen LogP contribution in [0.3, 0.4) is 0 Å². The third-order valence-corrected chi connectivity index (χ3v) is 2.32. The molecule has 1 N–H and O–H groups in total. The van der Waals surface area contributed by atoms with Gasteiger partial charge < -0.3 is 5.32 Å². The average Bonchev–Trinajstić information content (AvgIpc) is 2.18. The third-order valence-electron chi connectivity index (χ3n) is 2.32. The molecule has 3 nitrogen and oxygen atoms in total. The van der Waals surface area contributed by atoms with E-state index < -0.39 is 0 Å². The van der Waals surface area contributed by atoms with Gasteiger partial charge in [0.2, 0.25) is 0 Å². The summed E-state index contributed by atoms with van der Waals surface area (Å²) in [6, 6.07) is 0.520. The zero-order valence-corrected chi connectivity index (χ0v) is 9.90. The van der Waals surface area contributed by atoms with E-state index in [1.54, 1.807) is 12.4 Å². The van der Waals surface area contributed by atoms with Gasteiger partial charge in [0.15, 0.2) is 0 Å². The van der Waals surface area contributed by atoms with E-state index in [4.69, 9.17) is 0 Å². The third kappa shape index (κ3) is 4.88. The molecule has 0 bridgehead atoms. The fourth-order valence-electron chi connectivity index (χ4n) is 1.78. The molecule has 1 unspecified atom stereocenters. The molecule has 84 valence electrons. The van der Waals surface area contributed by atoms with Crippen molar-refractivity contribution in [2.24, 2.45) is 5.92 Å². The number of rotatable bonds is 6. The second kappa shape index (κ2) is 6.51. The standard InChI is InChI=1S/C12H21N3/c1-4-14-11(7-10(2)3)8-12-9-13-5-6-15-12/h5-6,9-11,14H,4,7-8H2,1-3H3. The molecule has 0 fully saturated rings. The molecular weight excluding hydrogens is 186 g/mol. The predicted octanol–water partition coefficient (Wildman–Crippen LogP) is 2.04. The zero-order valence-electron chi connectivity index (χ0n) is 9.90. The molecule has 0 aliphatic carbocycles. The first-order valence-electron chi connectivity index (χ1n) is 5.70. The van der Waals surface area contributed by atoms with Gasteiger partial charge in [-0.25, -0.2) is 0 Å². The second-order valence-electron chi connectivity index (χ2n) is 4.29. The van der Waals surface area contributed by atoms with Crippen molar-refractivity contribution in [3.8, 4) is 0 Å². The first kappa shape index (κ1) is 12.1. The summed E-state index contributed by atoms with van der Waals surface area (Å²) in [5.41, 5.74) is 1.07. The Bertz CT molecular complexity index is 259. The highest BCUT2D eigenvalue weighted by molar-refractivity contribution is 4.97. The molecule has 15 heavy (non-hydrogen) atoms. The minimum atomic E-state index is 0.520. The lowest BCUT2D eigenvalue weighted by Crippen LogP contribution is -2.32. The molecule has 1 heterocycles. The van der Waals surface area contributed by atoms with Crippen molar-refractivity contribution in [2.45, 2.75) is 39.7 Å². The van der Waals surface area contributed by atoms with Crippen LogP contribution in [0.25, 0.3) is 0 Å². The summed E-state index contributed by atoms with van der Waals surface area (Å²) in [6.07, 6.45) is 7.48. The number of nitrogens with zero attached hydrogens (tertiary/aromatic N) is 2. The van der Waals surface area contributed by atoms with Crippen LogP contribution in [0.5, 0.6) is 0 Å². The van der Waals surface area contributed by atoms with Gasteiger partial charge in [0.1, 0.15) is 0 Å². The van der Waals surface area contributed by atoms with Crippen molar-refractivity contribution < 1.29 is 0 Å². The highest BCUT2D eigenvalue weighted by Gasteiger charge is 2.10. The smallest absolute Gasteiger partial charge is 0.0602 e. The lowest BCUT2D eigenvalue weighted by Gasteiger charge is -2.19. The maximum absolute atomic E-state index is 4.31. The van der Waals surface area contributed by atoms with Gasteiger partial charge in [-0.1, -0.05) is 20.8 Å².